The van der Waals surface area contributed by atoms with Gasteiger partial charge in [-0.05, 0) is 41.3 Å². The van der Waals surface area contributed by atoms with Gasteiger partial charge >= 0.3 is 0 Å². The quantitative estimate of drug-likeness (QED) is 0.882. The number of halogens is 2. The van der Waals surface area contributed by atoms with E-state index >= 15 is 0 Å². The molecule has 2 unspecified atom stereocenters. The van der Waals surface area contributed by atoms with Crippen molar-refractivity contribution in [1.82, 2.24) is 0 Å². The molecule has 0 spiro atoms. The summed E-state index contributed by atoms with van der Waals surface area (Å²) in [5.74, 6) is 0. The fourth-order valence-electron chi connectivity index (χ4n) is 2.04. The molecule has 1 aliphatic carbocycles. The van der Waals surface area contributed by atoms with Gasteiger partial charge in [0.15, 0.2) is 0 Å². The first-order valence-corrected chi connectivity index (χ1v) is 6.42. The average Bonchev–Trinajstić information content (AvgIpc) is 2.60. The van der Waals surface area contributed by atoms with Crippen LogP contribution in [0.5, 0.6) is 0 Å². The molecule has 1 saturated carbocycles. The lowest BCUT2D eigenvalue weighted by molar-refractivity contribution is 0.172. The van der Waals surface area contributed by atoms with Crippen molar-refractivity contribution in [3.8, 4) is 0 Å². The molecule has 1 heterocycles. The zero-order chi connectivity index (χ0) is 10.2. The Labute approximate surface area is 95.6 Å². The largest absolute Gasteiger partial charge is 0.328 e. The van der Waals surface area contributed by atoms with E-state index in [9.17, 15) is 4.39 Å². The minimum Gasteiger partial charge on any atom is -0.328 e. The monoisotopic (exact) mass is 277 g/mol. The lowest BCUT2D eigenvalue weighted by Crippen LogP contribution is -2.25. The predicted octanol–water partition coefficient (Wildman–Crippen LogP) is 3.27. The molecule has 2 rings (SSSR count). The van der Waals surface area contributed by atoms with Gasteiger partial charge in [-0.3, -0.25) is 0 Å². The summed E-state index contributed by atoms with van der Waals surface area (Å²) < 4.78 is 15.2. The summed E-state index contributed by atoms with van der Waals surface area (Å²) in [6.07, 6.45) is 2.48. The molecule has 0 aliphatic heterocycles. The van der Waals surface area contributed by atoms with Crippen LogP contribution < -0.4 is 5.73 Å². The van der Waals surface area contributed by atoms with E-state index in [1.54, 1.807) is 11.3 Å². The van der Waals surface area contributed by atoms with E-state index in [-0.39, 0.29) is 6.04 Å². The summed E-state index contributed by atoms with van der Waals surface area (Å²) in [5.41, 5.74) is 4.67. The van der Waals surface area contributed by atoms with Crippen molar-refractivity contribution in [1.29, 1.82) is 0 Å². The van der Waals surface area contributed by atoms with Crippen LogP contribution in [-0.2, 0) is 6.42 Å². The molecule has 1 aromatic rings. The average molecular weight is 278 g/mol. The fourth-order valence-corrected chi connectivity index (χ4v) is 3.61. The van der Waals surface area contributed by atoms with E-state index in [0.29, 0.717) is 19.3 Å². The number of rotatable bonds is 2. The predicted molar refractivity (Wildman–Crippen MR) is 61.4 cm³/mol. The first-order valence-electron chi connectivity index (χ1n) is 4.75. The fraction of sp³-hybridized carbons (Fsp3) is 0.600. The third kappa shape index (κ3) is 2.35. The topological polar surface area (TPSA) is 26.0 Å². The highest BCUT2D eigenvalue weighted by Crippen LogP contribution is 2.37. The molecule has 2 N–H and O–H groups in total. The van der Waals surface area contributed by atoms with Gasteiger partial charge in [-0.1, -0.05) is 0 Å². The highest BCUT2D eigenvalue weighted by Gasteiger charge is 2.38. The van der Waals surface area contributed by atoms with Crippen LogP contribution in [0.15, 0.2) is 15.9 Å². The second-order valence-electron chi connectivity index (χ2n) is 4.06. The minimum atomic E-state index is -1.05. The van der Waals surface area contributed by atoms with Crippen LogP contribution in [0.25, 0.3) is 0 Å². The normalized spacial score (nSPS) is 32.4. The molecule has 2 atom stereocenters. The standard InChI is InChI=1S/C10H13BrFNS/c11-7-3-9(14-6-7)5-10(12)2-1-8(13)4-10/h3,6,8H,1-2,4-5,13H2. The van der Waals surface area contributed by atoms with Crippen molar-refractivity contribution in [3.63, 3.8) is 0 Å². The van der Waals surface area contributed by atoms with Crippen LogP contribution >= 0.6 is 27.3 Å². The van der Waals surface area contributed by atoms with Gasteiger partial charge in [0, 0.05) is 27.2 Å². The zero-order valence-electron chi connectivity index (χ0n) is 7.80. The molecule has 1 fully saturated rings. The van der Waals surface area contributed by atoms with Crippen LogP contribution in [0, 0.1) is 0 Å². The number of hydrogen-bond acceptors (Lipinski definition) is 2. The van der Waals surface area contributed by atoms with Gasteiger partial charge in [0.1, 0.15) is 5.67 Å². The maximum absolute atomic E-state index is 14.2. The highest BCUT2D eigenvalue weighted by atomic mass is 79.9. The van der Waals surface area contributed by atoms with Crippen LogP contribution in [0.4, 0.5) is 4.39 Å². The van der Waals surface area contributed by atoms with Gasteiger partial charge in [-0.15, -0.1) is 11.3 Å². The number of thiophene rings is 1. The maximum atomic E-state index is 14.2. The lowest BCUT2D eigenvalue weighted by atomic mass is 9.99. The van der Waals surface area contributed by atoms with Crippen molar-refractivity contribution >= 4 is 27.3 Å². The van der Waals surface area contributed by atoms with Crippen molar-refractivity contribution in [2.24, 2.45) is 5.73 Å². The Kier molecular flexibility index (Phi) is 2.96. The van der Waals surface area contributed by atoms with Crippen LogP contribution in [0.3, 0.4) is 0 Å². The summed E-state index contributed by atoms with van der Waals surface area (Å²) >= 11 is 4.98. The van der Waals surface area contributed by atoms with Crippen molar-refractivity contribution < 1.29 is 4.39 Å². The van der Waals surface area contributed by atoms with E-state index < -0.39 is 5.67 Å². The molecule has 1 aromatic heterocycles. The lowest BCUT2D eigenvalue weighted by Gasteiger charge is -2.17. The summed E-state index contributed by atoms with van der Waals surface area (Å²) in [7, 11) is 0. The summed E-state index contributed by atoms with van der Waals surface area (Å²) in [4.78, 5) is 1.11. The molecule has 0 aromatic carbocycles. The Balaban J connectivity index is 2.03. The third-order valence-corrected chi connectivity index (χ3v) is 4.40. The van der Waals surface area contributed by atoms with Crippen molar-refractivity contribution in [2.75, 3.05) is 0 Å². The smallest absolute Gasteiger partial charge is 0.117 e. The molecule has 4 heteroatoms. The summed E-state index contributed by atoms with van der Waals surface area (Å²) in [6.45, 7) is 0. The number of nitrogens with two attached hydrogens (primary N) is 1. The van der Waals surface area contributed by atoms with Crippen molar-refractivity contribution in [3.05, 3.63) is 20.8 Å². The first kappa shape index (κ1) is 10.6. The molecule has 1 nitrogen and oxygen atoms in total. The minimum absolute atomic E-state index is 0.0587. The Hall–Kier alpha value is 0.0700. The van der Waals surface area contributed by atoms with Gasteiger partial charge < -0.3 is 5.73 Å². The SMILES string of the molecule is NC1CCC(F)(Cc2cc(Br)cs2)C1. The summed E-state index contributed by atoms with van der Waals surface area (Å²) in [5, 5.41) is 1.99. The van der Waals surface area contributed by atoms with E-state index in [2.05, 4.69) is 15.9 Å². The van der Waals surface area contributed by atoms with Crippen LogP contribution in [0.1, 0.15) is 24.1 Å². The first-order chi connectivity index (χ1) is 6.57. The zero-order valence-corrected chi connectivity index (χ0v) is 10.2. The third-order valence-electron chi connectivity index (χ3n) is 2.70. The Bertz CT molecular complexity index is 328. The molecule has 78 valence electrons. The highest BCUT2D eigenvalue weighted by molar-refractivity contribution is 9.10. The Morgan fingerprint density at radius 2 is 2.50 bits per heavy atom. The molecular formula is C10H13BrFNS. The second-order valence-corrected chi connectivity index (χ2v) is 5.97. The number of alkyl halides is 1. The molecule has 0 amide bonds. The molecular weight excluding hydrogens is 265 g/mol. The molecule has 1 aliphatic rings. The maximum Gasteiger partial charge on any atom is 0.117 e. The Morgan fingerprint density at radius 1 is 1.71 bits per heavy atom. The van der Waals surface area contributed by atoms with Gasteiger partial charge in [0.25, 0.3) is 0 Å². The van der Waals surface area contributed by atoms with E-state index in [4.69, 9.17) is 5.73 Å². The molecule has 0 bridgehead atoms. The summed E-state index contributed by atoms with van der Waals surface area (Å²) in [6, 6.07) is 2.05. The van der Waals surface area contributed by atoms with Gasteiger partial charge in [0.05, 0.1) is 0 Å². The van der Waals surface area contributed by atoms with Crippen LogP contribution in [0.2, 0.25) is 0 Å². The van der Waals surface area contributed by atoms with E-state index in [0.717, 1.165) is 15.8 Å². The van der Waals surface area contributed by atoms with Gasteiger partial charge in [-0.25, -0.2) is 4.39 Å². The molecule has 0 saturated heterocycles. The van der Waals surface area contributed by atoms with E-state index in [1.807, 2.05) is 11.4 Å². The van der Waals surface area contributed by atoms with E-state index in [1.165, 1.54) is 0 Å². The van der Waals surface area contributed by atoms with Crippen LogP contribution in [-0.4, -0.2) is 11.7 Å². The Morgan fingerprint density at radius 3 is 3.00 bits per heavy atom. The number of hydrogen-bond donors (Lipinski definition) is 1. The van der Waals surface area contributed by atoms with Gasteiger partial charge in [0.2, 0.25) is 0 Å². The van der Waals surface area contributed by atoms with Crippen molar-refractivity contribution in [2.45, 2.75) is 37.4 Å². The molecule has 0 radical (unpaired) electrons. The molecule has 14 heavy (non-hydrogen) atoms. The second kappa shape index (κ2) is 3.91. The van der Waals surface area contributed by atoms with Gasteiger partial charge in [-0.2, -0.15) is 0 Å².